The van der Waals surface area contributed by atoms with Gasteiger partial charge in [0.1, 0.15) is 0 Å². The Hall–Kier alpha value is -2.37. The first-order valence-corrected chi connectivity index (χ1v) is 7.43. The minimum atomic E-state index is -0.198. The third kappa shape index (κ3) is 2.45. The summed E-state index contributed by atoms with van der Waals surface area (Å²) in [7, 11) is 0. The molecule has 1 saturated heterocycles. The van der Waals surface area contributed by atoms with E-state index in [0.717, 1.165) is 0 Å². The first kappa shape index (κ1) is 14.6. The van der Waals surface area contributed by atoms with Gasteiger partial charge in [-0.2, -0.15) is 4.98 Å². The number of rotatable bonds is 3. The summed E-state index contributed by atoms with van der Waals surface area (Å²) >= 11 is 0. The van der Waals surface area contributed by atoms with E-state index >= 15 is 0 Å². The molecule has 116 valence electrons. The van der Waals surface area contributed by atoms with Crippen LogP contribution in [0.5, 0.6) is 0 Å². The van der Waals surface area contributed by atoms with Crippen LogP contribution < -0.4 is 5.32 Å². The smallest absolute Gasteiger partial charge is 0.322 e. The van der Waals surface area contributed by atoms with Crippen molar-refractivity contribution in [1.29, 1.82) is 0 Å². The maximum atomic E-state index is 12.2. The number of aromatic nitrogens is 2. The van der Waals surface area contributed by atoms with Gasteiger partial charge in [-0.3, -0.25) is 5.32 Å². The van der Waals surface area contributed by atoms with Crippen LogP contribution in [0.1, 0.15) is 25.2 Å². The lowest BCUT2D eigenvalue weighted by Gasteiger charge is -2.53. The van der Waals surface area contributed by atoms with Gasteiger partial charge in [-0.1, -0.05) is 49.3 Å². The fourth-order valence-corrected chi connectivity index (χ4v) is 2.95. The predicted molar refractivity (Wildman–Crippen MR) is 82.6 cm³/mol. The van der Waals surface area contributed by atoms with E-state index < -0.39 is 0 Å². The van der Waals surface area contributed by atoms with E-state index in [2.05, 4.69) is 41.4 Å². The van der Waals surface area contributed by atoms with Gasteiger partial charge >= 0.3 is 12.0 Å². The van der Waals surface area contributed by atoms with Crippen molar-refractivity contribution >= 4 is 12.0 Å². The van der Waals surface area contributed by atoms with Crippen molar-refractivity contribution in [3.8, 4) is 0 Å². The number of likely N-dealkylation sites (tertiary alicyclic amines) is 1. The highest BCUT2D eigenvalue weighted by molar-refractivity contribution is 5.88. The molecule has 6 nitrogen and oxygen atoms in total. The van der Waals surface area contributed by atoms with Crippen molar-refractivity contribution in [3.05, 3.63) is 41.7 Å². The van der Waals surface area contributed by atoms with Crippen molar-refractivity contribution < 1.29 is 9.32 Å². The fraction of sp³-hybridized carbons (Fsp3) is 0.438. The van der Waals surface area contributed by atoms with Gasteiger partial charge < -0.3 is 9.42 Å². The zero-order valence-corrected chi connectivity index (χ0v) is 13.0. The lowest BCUT2D eigenvalue weighted by atomic mass is 9.66. The number of amides is 2. The van der Waals surface area contributed by atoms with Crippen LogP contribution in [0.15, 0.2) is 34.9 Å². The summed E-state index contributed by atoms with van der Waals surface area (Å²) in [6, 6.07) is 10.3. The fourth-order valence-electron chi connectivity index (χ4n) is 2.95. The molecule has 1 aromatic carbocycles. The van der Waals surface area contributed by atoms with E-state index in [-0.39, 0.29) is 17.5 Å². The molecule has 2 amide bonds. The number of hydrogen-bond donors (Lipinski definition) is 1. The summed E-state index contributed by atoms with van der Waals surface area (Å²) in [5.41, 5.74) is 1.30. The molecule has 2 aromatic rings. The molecule has 1 fully saturated rings. The normalized spacial score (nSPS) is 16.5. The number of carbonyl (C=O) groups excluding carboxylic acids is 1. The molecular weight excluding hydrogens is 280 g/mol. The predicted octanol–water partition coefficient (Wildman–Crippen LogP) is 2.82. The molecule has 0 bridgehead atoms. The number of hydrogen-bond acceptors (Lipinski definition) is 4. The zero-order valence-electron chi connectivity index (χ0n) is 13.0. The Labute approximate surface area is 129 Å². The second-order valence-corrected chi connectivity index (χ2v) is 6.11. The second kappa shape index (κ2) is 5.44. The van der Waals surface area contributed by atoms with Gasteiger partial charge in [-0.15, -0.1) is 0 Å². The minimum absolute atomic E-state index is 0.0172. The number of urea groups is 1. The van der Waals surface area contributed by atoms with Crippen LogP contribution in [0, 0.1) is 12.8 Å². The monoisotopic (exact) mass is 300 g/mol. The first-order chi connectivity index (χ1) is 10.5. The third-order valence-electron chi connectivity index (χ3n) is 4.43. The molecule has 1 aliphatic heterocycles. The highest BCUT2D eigenvalue weighted by atomic mass is 16.5. The Morgan fingerprint density at radius 3 is 2.55 bits per heavy atom. The molecule has 0 radical (unpaired) electrons. The molecule has 0 saturated carbocycles. The van der Waals surface area contributed by atoms with Crippen molar-refractivity contribution in [2.45, 2.75) is 26.2 Å². The summed E-state index contributed by atoms with van der Waals surface area (Å²) in [5.74, 6) is 0.948. The standard InChI is InChI=1S/C16H20N4O2/c1-11(2)16(13-7-5-4-6-8-13)9-20(10-16)15(21)18-14-17-12(3)19-22-14/h4-8,11H,9-10H2,1-3H3,(H,17,18,19,21). The topological polar surface area (TPSA) is 71.3 Å². The SMILES string of the molecule is Cc1noc(NC(=O)N2CC(c3ccccc3)(C(C)C)C2)n1. The number of carbonyl (C=O) groups is 1. The average molecular weight is 300 g/mol. The zero-order chi connectivity index (χ0) is 15.7. The molecule has 1 aliphatic rings. The van der Waals surface area contributed by atoms with Gasteiger partial charge in [-0.05, 0) is 18.4 Å². The highest BCUT2D eigenvalue weighted by Gasteiger charge is 2.48. The van der Waals surface area contributed by atoms with Gasteiger partial charge in [0.25, 0.3) is 0 Å². The Morgan fingerprint density at radius 2 is 2.00 bits per heavy atom. The Morgan fingerprint density at radius 1 is 1.32 bits per heavy atom. The van der Waals surface area contributed by atoms with Crippen molar-refractivity contribution in [1.82, 2.24) is 15.0 Å². The van der Waals surface area contributed by atoms with Crippen LogP contribution in [0.4, 0.5) is 10.8 Å². The Balaban J connectivity index is 1.69. The molecule has 3 rings (SSSR count). The highest BCUT2D eigenvalue weighted by Crippen LogP contribution is 2.41. The maximum absolute atomic E-state index is 12.2. The van der Waals surface area contributed by atoms with E-state index in [1.54, 1.807) is 11.8 Å². The number of nitrogens with zero attached hydrogens (tertiary/aromatic N) is 3. The van der Waals surface area contributed by atoms with Crippen LogP contribution in [0.2, 0.25) is 0 Å². The van der Waals surface area contributed by atoms with Gasteiger partial charge in [-0.25, -0.2) is 4.79 Å². The van der Waals surface area contributed by atoms with E-state index in [1.807, 2.05) is 18.2 Å². The molecule has 1 N–H and O–H groups in total. The quantitative estimate of drug-likeness (QED) is 0.946. The van der Waals surface area contributed by atoms with Crippen LogP contribution in [0.3, 0.4) is 0 Å². The van der Waals surface area contributed by atoms with Crippen molar-refractivity contribution in [2.24, 2.45) is 5.92 Å². The first-order valence-electron chi connectivity index (χ1n) is 7.43. The van der Waals surface area contributed by atoms with Crippen molar-refractivity contribution in [3.63, 3.8) is 0 Å². The average Bonchev–Trinajstić information content (AvgIpc) is 2.83. The van der Waals surface area contributed by atoms with Crippen LogP contribution in [-0.4, -0.2) is 34.2 Å². The van der Waals surface area contributed by atoms with Crippen molar-refractivity contribution in [2.75, 3.05) is 18.4 Å². The lowest BCUT2D eigenvalue weighted by Crippen LogP contribution is -2.64. The molecule has 0 atom stereocenters. The third-order valence-corrected chi connectivity index (χ3v) is 4.43. The Bertz CT molecular complexity index is 660. The lowest BCUT2D eigenvalue weighted by molar-refractivity contribution is 0.0653. The number of benzene rings is 1. The van der Waals surface area contributed by atoms with Crippen LogP contribution >= 0.6 is 0 Å². The summed E-state index contributed by atoms with van der Waals surface area (Å²) in [6.45, 7) is 7.48. The van der Waals surface area contributed by atoms with Gasteiger partial charge in [0, 0.05) is 18.5 Å². The Kier molecular flexibility index (Phi) is 3.60. The van der Waals surface area contributed by atoms with Gasteiger partial charge in [0.15, 0.2) is 5.82 Å². The number of nitrogens with one attached hydrogen (secondary N) is 1. The van der Waals surface area contributed by atoms with Crippen LogP contribution in [-0.2, 0) is 5.41 Å². The van der Waals surface area contributed by atoms with E-state index in [0.29, 0.717) is 24.8 Å². The van der Waals surface area contributed by atoms with Crippen LogP contribution in [0.25, 0.3) is 0 Å². The van der Waals surface area contributed by atoms with E-state index in [9.17, 15) is 4.79 Å². The summed E-state index contributed by atoms with van der Waals surface area (Å²) in [6.07, 6.45) is 0. The number of anilines is 1. The minimum Gasteiger partial charge on any atom is -0.322 e. The summed E-state index contributed by atoms with van der Waals surface area (Å²) < 4.78 is 4.92. The molecule has 0 aliphatic carbocycles. The molecule has 2 heterocycles. The van der Waals surface area contributed by atoms with E-state index in [1.165, 1.54) is 5.56 Å². The van der Waals surface area contributed by atoms with Gasteiger partial charge in [0.05, 0.1) is 0 Å². The maximum Gasteiger partial charge on any atom is 0.329 e. The molecular formula is C16H20N4O2. The largest absolute Gasteiger partial charge is 0.329 e. The molecule has 22 heavy (non-hydrogen) atoms. The molecule has 6 heteroatoms. The summed E-state index contributed by atoms with van der Waals surface area (Å²) in [5, 5.41) is 6.30. The molecule has 1 aromatic heterocycles. The van der Waals surface area contributed by atoms with Gasteiger partial charge in [0.2, 0.25) is 0 Å². The van der Waals surface area contributed by atoms with E-state index in [4.69, 9.17) is 4.52 Å². The molecule has 0 spiro atoms. The summed E-state index contributed by atoms with van der Waals surface area (Å²) in [4.78, 5) is 18.0. The molecule has 0 unspecified atom stereocenters. The number of aryl methyl sites for hydroxylation is 1. The second-order valence-electron chi connectivity index (χ2n) is 6.11.